The van der Waals surface area contributed by atoms with E-state index in [0.717, 1.165) is 12.2 Å². The highest BCUT2D eigenvalue weighted by Gasteiger charge is 2.13. The largest absolute Gasteiger partial charge is 0.494 e. The van der Waals surface area contributed by atoms with Gasteiger partial charge in [-0.25, -0.2) is 0 Å². The number of anilines is 1. The lowest BCUT2D eigenvalue weighted by molar-refractivity contribution is 0.0959. The van der Waals surface area contributed by atoms with Crippen LogP contribution in [-0.4, -0.2) is 25.0 Å². The molecule has 2 aromatic carbocycles. The van der Waals surface area contributed by atoms with Crippen LogP contribution in [-0.2, 0) is 0 Å². The number of amides is 2. The first kappa shape index (κ1) is 18.3. The first-order valence-corrected chi connectivity index (χ1v) is 8.18. The number of para-hydroxylation sites is 1. The average molecular weight is 338 g/mol. The molecule has 25 heavy (non-hydrogen) atoms. The summed E-state index contributed by atoms with van der Waals surface area (Å²) in [6.07, 6.45) is 2.52. The SMILES string of the molecule is C=CCNC(=O)c1ccccc1NC(=O)c1ccc(OCCC)cc1. The van der Waals surface area contributed by atoms with E-state index in [9.17, 15) is 9.59 Å². The Hall–Kier alpha value is -3.08. The van der Waals surface area contributed by atoms with Gasteiger partial charge in [-0.1, -0.05) is 25.1 Å². The van der Waals surface area contributed by atoms with Gasteiger partial charge in [0.05, 0.1) is 17.9 Å². The normalized spacial score (nSPS) is 9.96. The Labute approximate surface area is 147 Å². The maximum absolute atomic E-state index is 12.4. The highest BCUT2D eigenvalue weighted by atomic mass is 16.5. The summed E-state index contributed by atoms with van der Waals surface area (Å²) < 4.78 is 5.50. The van der Waals surface area contributed by atoms with Crippen molar-refractivity contribution in [3.05, 3.63) is 72.3 Å². The van der Waals surface area contributed by atoms with Crippen LogP contribution in [0.1, 0.15) is 34.1 Å². The molecule has 2 rings (SSSR count). The summed E-state index contributed by atoms with van der Waals surface area (Å²) in [5.41, 5.74) is 1.35. The van der Waals surface area contributed by atoms with E-state index in [1.54, 1.807) is 54.6 Å². The predicted octanol–water partition coefficient (Wildman–Crippen LogP) is 3.64. The highest BCUT2D eigenvalue weighted by molar-refractivity contribution is 6.09. The van der Waals surface area contributed by atoms with Crippen LogP contribution in [0.15, 0.2) is 61.2 Å². The lowest BCUT2D eigenvalue weighted by Crippen LogP contribution is -2.25. The average Bonchev–Trinajstić information content (AvgIpc) is 2.65. The third kappa shape index (κ3) is 5.21. The van der Waals surface area contributed by atoms with E-state index in [4.69, 9.17) is 4.74 Å². The summed E-state index contributed by atoms with van der Waals surface area (Å²) in [4.78, 5) is 24.6. The van der Waals surface area contributed by atoms with Gasteiger partial charge in [-0.3, -0.25) is 9.59 Å². The van der Waals surface area contributed by atoms with Crippen molar-refractivity contribution in [2.45, 2.75) is 13.3 Å². The molecule has 5 heteroatoms. The molecule has 2 aromatic rings. The fourth-order valence-corrected chi connectivity index (χ4v) is 2.17. The molecule has 0 radical (unpaired) electrons. The second-order valence-electron chi connectivity index (χ2n) is 5.37. The maximum atomic E-state index is 12.4. The van der Waals surface area contributed by atoms with Crippen molar-refractivity contribution in [3.63, 3.8) is 0 Å². The van der Waals surface area contributed by atoms with Gasteiger partial charge in [0.1, 0.15) is 5.75 Å². The van der Waals surface area contributed by atoms with Crippen molar-refractivity contribution in [2.24, 2.45) is 0 Å². The van der Waals surface area contributed by atoms with Crippen molar-refractivity contribution in [2.75, 3.05) is 18.5 Å². The molecule has 0 saturated carbocycles. The van der Waals surface area contributed by atoms with Crippen LogP contribution in [0.5, 0.6) is 5.75 Å². The number of carbonyl (C=O) groups excluding carboxylic acids is 2. The minimum atomic E-state index is -0.286. The van der Waals surface area contributed by atoms with Crippen LogP contribution in [0.25, 0.3) is 0 Å². The fourth-order valence-electron chi connectivity index (χ4n) is 2.17. The Kier molecular flexibility index (Phi) is 6.77. The summed E-state index contributed by atoms with van der Waals surface area (Å²) in [5, 5.41) is 5.48. The Morgan fingerprint density at radius 3 is 2.48 bits per heavy atom. The molecule has 0 atom stereocenters. The molecule has 5 nitrogen and oxygen atoms in total. The van der Waals surface area contributed by atoms with Gasteiger partial charge in [-0.15, -0.1) is 6.58 Å². The molecule has 0 aromatic heterocycles. The molecular formula is C20H22N2O3. The smallest absolute Gasteiger partial charge is 0.255 e. The summed E-state index contributed by atoms with van der Waals surface area (Å²) in [7, 11) is 0. The van der Waals surface area contributed by atoms with Gasteiger partial charge in [-0.05, 0) is 42.8 Å². The molecule has 0 fully saturated rings. The Bertz CT molecular complexity index is 739. The quantitative estimate of drug-likeness (QED) is 0.722. The monoisotopic (exact) mass is 338 g/mol. The standard InChI is InChI=1S/C20H22N2O3/c1-3-13-21-20(24)17-7-5-6-8-18(17)22-19(23)15-9-11-16(12-10-15)25-14-4-2/h3,5-12H,1,4,13-14H2,2H3,(H,21,24)(H,22,23). The Morgan fingerprint density at radius 1 is 1.08 bits per heavy atom. The van der Waals surface area contributed by atoms with Crippen LogP contribution < -0.4 is 15.4 Å². The summed E-state index contributed by atoms with van der Waals surface area (Å²) in [5.74, 6) is 0.174. The van der Waals surface area contributed by atoms with Crippen LogP contribution in [0, 0.1) is 0 Å². The van der Waals surface area contributed by atoms with E-state index in [1.807, 2.05) is 6.92 Å². The molecular weight excluding hydrogens is 316 g/mol. The number of ether oxygens (including phenoxy) is 1. The molecule has 2 N–H and O–H groups in total. The van der Waals surface area contributed by atoms with E-state index >= 15 is 0 Å². The molecule has 0 aliphatic carbocycles. The van der Waals surface area contributed by atoms with Crippen molar-refractivity contribution in [3.8, 4) is 5.75 Å². The summed E-state index contributed by atoms with van der Waals surface area (Å²) in [6, 6.07) is 13.8. The lowest BCUT2D eigenvalue weighted by Gasteiger charge is -2.11. The van der Waals surface area contributed by atoms with Gasteiger partial charge in [0.15, 0.2) is 0 Å². The molecule has 0 unspecified atom stereocenters. The summed E-state index contributed by atoms with van der Waals surface area (Å²) >= 11 is 0. The molecule has 0 aliphatic heterocycles. The van der Waals surface area contributed by atoms with E-state index in [0.29, 0.717) is 30.0 Å². The van der Waals surface area contributed by atoms with Gasteiger partial charge in [-0.2, -0.15) is 0 Å². The maximum Gasteiger partial charge on any atom is 0.255 e. The van der Waals surface area contributed by atoms with Crippen molar-refractivity contribution < 1.29 is 14.3 Å². The third-order valence-corrected chi connectivity index (χ3v) is 3.42. The third-order valence-electron chi connectivity index (χ3n) is 3.42. The Balaban J connectivity index is 2.10. The van der Waals surface area contributed by atoms with Gasteiger partial charge >= 0.3 is 0 Å². The zero-order valence-electron chi connectivity index (χ0n) is 14.2. The van der Waals surface area contributed by atoms with Gasteiger partial charge in [0.2, 0.25) is 0 Å². The number of hydrogen-bond donors (Lipinski definition) is 2. The van der Waals surface area contributed by atoms with Crippen LogP contribution in [0.3, 0.4) is 0 Å². The first-order valence-electron chi connectivity index (χ1n) is 8.18. The van der Waals surface area contributed by atoms with Gasteiger partial charge in [0.25, 0.3) is 11.8 Å². The number of carbonyl (C=O) groups is 2. The number of benzene rings is 2. The number of nitrogens with one attached hydrogen (secondary N) is 2. The van der Waals surface area contributed by atoms with Gasteiger partial charge in [0, 0.05) is 12.1 Å². The van der Waals surface area contributed by atoms with Crippen molar-refractivity contribution in [1.82, 2.24) is 5.32 Å². The fraction of sp³-hybridized carbons (Fsp3) is 0.200. The molecule has 2 amide bonds. The topological polar surface area (TPSA) is 67.4 Å². The van der Waals surface area contributed by atoms with E-state index in [1.165, 1.54) is 0 Å². The number of rotatable bonds is 8. The van der Waals surface area contributed by atoms with E-state index in [-0.39, 0.29) is 11.8 Å². The van der Waals surface area contributed by atoms with E-state index in [2.05, 4.69) is 17.2 Å². The van der Waals surface area contributed by atoms with Crippen LogP contribution in [0.2, 0.25) is 0 Å². The molecule has 130 valence electrons. The number of hydrogen-bond acceptors (Lipinski definition) is 3. The van der Waals surface area contributed by atoms with Crippen LogP contribution in [0.4, 0.5) is 5.69 Å². The zero-order chi connectivity index (χ0) is 18.1. The van der Waals surface area contributed by atoms with Crippen molar-refractivity contribution in [1.29, 1.82) is 0 Å². The van der Waals surface area contributed by atoms with Crippen LogP contribution >= 0.6 is 0 Å². The second kappa shape index (κ2) is 9.27. The highest BCUT2D eigenvalue weighted by Crippen LogP contribution is 2.18. The molecule has 0 bridgehead atoms. The molecule has 0 heterocycles. The minimum absolute atomic E-state index is 0.265. The first-order chi connectivity index (χ1) is 12.2. The Morgan fingerprint density at radius 2 is 1.80 bits per heavy atom. The van der Waals surface area contributed by atoms with E-state index < -0.39 is 0 Å². The molecule has 0 spiro atoms. The zero-order valence-corrected chi connectivity index (χ0v) is 14.2. The van der Waals surface area contributed by atoms with Crippen molar-refractivity contribution >= 4 is 17.5 Å². The predicted molar refractivity (Wildman–Crippen MR) is 99.2 cm³/mol. The molecule has 0 saturated heterocycles. The second-order valence-corrected chi connectivity index (χ2v) is 5.37. The summed E-state index contributed by atoms with van der Waals surface area (Å²) in [6.45, 7) is 6.60. The molecule has 0 aliphatic rings. The van der Waals surface area contributed by atoms with Gasteiger partial charge < -0.3 is 15.4 Å². The lowest BCUT2D eigenvalue weighted by atomic mass is 10.1. The minimum Gasteiger partial charge on any atom is -0.494 e.